The number of aliphatic hydroxyl groups is 6. The molecular weight excluding hydrogens is 626 g/mol. The van der Waals surface area contributed by atoms with Crippen LogP contribution in [0.1, 0.15) is 0 Å². The molecule has 42 heavy (non-hydrogen) atoms. The van der Waals surface area contributed by atoms with Gasteiger partial charge < -0.3 is 71.5 Å². The van der Waals surface area contributed by atoms with Crippen molar-refractivity contribution >= 4 is 20.8 Å². The smallest absolute Gasteiger partial charge is 0.394 e. The molecule has 0 spiro atoms. The number of rotatable bonds is 11. The van der Waals surface area contributed by atoms with Crippen LogP contribution in [0.4, 0.5) is 0 Å². The van der Waals surface area contributed by atoms with E-state index in [4.69, 9.17) is 50.0 Å². The summed E-state index contributed by atoms with van der Waals surface area (Å²) in [5.74, 6) is 0. The summed E-state index contributed by atoms with van der Waals surface area (Å²) >= 11 is 0. The Morgan fingerprint density at radius 2 is 1.00 bits per heavy atom. The zero-order valence-corrected chi connectivity index (χ0v) is 23.0. The van der Waals surface area contributed by atoms with Crippen molar-refractivity contribution in [2.45, 2.75) is 91.9 Å². The summed E-state index contributed by atoms with van der Waals surface area (Å²) in [6, 6.07) is -4.70. The topological polar surface area (TPSA) is 373 Å². The van der Waals surface area contributed by atoms with E-state index in [-0.39, 0.29) is 0 Å². The molecule has 22 nitrogen and oxygen atoms in total. The van der Waals surface area contributed by atoms with Crippen molar-refractivity contribution in [1.82, 2.24) is 0 Å². The fourth-order valence-electron chi connectivity index (χ4n) is 4.52. The lowest BCUT2D eigenvalue weighted by Crippen LogP contribution is -2.69. The zero-order valence-electron chi connectivity index (χ0n) is 21.4. The summed E-state index contributed by atoms with van der Waals surface area (Å²) in [6.07, 6.45) is -20.2. The van der Waals surface area contributed by atoms with Crippen molar-refractivity contribution in [1.29, 1.82) is 0 Å². The van der Waals surface area contributed by atoms with E-state index >= 15 is 0 Å². The predicted molar refractivity (Wildman–Crippen MR) is 128 cm³/mol. The maximum absolute atomic E-state index is 11.1. The van der Waals surface area contributed by atoms with Gasteiger partial charge in [0.15, 0.2) is 18.9 Å². The molecule has 0 radical (unpaired) electrons. The number of hydrogen-bond donors (Lipinski definition) is 11. The van der Waals surface area contributed by atoms with Gasteiger partial charge in [0.1, 0.15) is 54.9 Å². The van der Waals surface area contributed by atoms with Gasteiger partial charge >= 0.3 is 20.8 Å². The van der Waals surface area contributed by atoms with Gasteiger partial charge in [-0.15, -0.1) is 0 Å². The first-order valence-corrected chi connectivity index (χ1v) is 14.9. The van der Waals surface area contributed by atoms with Crippen molar-refractivity contribution in [3.63, 3.8) is 0 Å². The van der Waals surface area contributed by atoms with Crippen molar-refractivity contribution < 1.29 is 88.6 Å². The molecule has 0 aromatic heterocycles. The van der Waals surface area contributed by atoms with E-state index in [0.717, 1.165) is 0 Å². The monoisotopic (exact) mass is 661 g/mol. The quantitative estimate of drug-likeness (QED) is 0.0915. The predicted octanol–water partition coefficient (Wildman–Crippen LogP) is -8.02. The lowest BCUT2D eigenvalue weighted by atomic mass is 9.94. The molecule has 15 atom stereocenters. The molecule has 3 saturated heterocycles. The second kappa shape index (κ2) is 14.1. The van der Waals surface area contributed by atoms with Crippen molar-refractivity contribution in [3.05, 3.63) is 0 Å². The van der Waals surface area contributed by atoms with Gasteiger partial charge in [-0.1, -0.05) is 0 Å². The molecule has 3 aliphatic heterocycles. The molecule has 0 amide bonds. The van der Waals surface area contributed by atoms with E-state index < -0.39 is 133 Å². The van der Waals surface area contributed by atoms with Crippen LogP contribution in [0, 0.1) is 0 Å². The largest absolute Gasteiger partial charge is 0.399 e. The van der Waals surface area contributed by atoms with Crippen LogP contribution in [-0.2, 0) is 52.8 Å². The Labute approximate surface area is 238 Å². The minimum absolute atomic E-state index is 0.867. The number of hydrogen-bond acceptors (Lipinski definition) is 20. The molecule has 0 saturated carbocycles. The molecule has 3 heterocycles. The highest BCUT2D eigenvalue weighted by atomic mass is 32.3. The van der Waals surface area contributed by atoms with Crippen LogP contribution in [0.25, 0.3) is 0 Å². The third-order valence-electron chi connectivity index (χ3n) is 6.73. The molecule has 0 aromatic carbocycles. The molecule has 24 heteroatoms. The number of nitrogens with two attached hydrogens (primary N) is 3. The molecule has 14 N–H and O–H groups in total. The normalized spacial score (nSPS) is 45.5. The molecule has 248 valence electrons. The van der Waals surface area contributed by atoms with E-state index in [0.29, 0.717) is 0 Å². The van der Waals surface area contributed by atoms with E-state index in [1.165, 1.54) is 0 Å². The summed E-state index contributed by atoms with van der Waals surface area (Å²) < 4.78 is 97.3. The van der Waals surface area contributed by atoms with Gasteiger partial charge in [0.05, 0.1) is 37.9 Å². The lowest BCUT2D eigenvalue weighted by molar-refractivity contribution is -0.346. The second-order valence-corrected chi connectivity index (χ2v) is 11.8. The first-order chi connectivity index (χ1) is 19.4. The highest BCUT2D eigenvalue weighted by molar-refractivity contribution is 7.81. The van der Waals surface area contributed by atoms with Crippen molar-refractivity contribution in [2.24, 2.45) is 17.2 Å². The average Bonchev–Trinajstić information content (AvgIpc) is 2.90. The average molecular weight is 662 g/mol. The standard InChI is InChI=1S/C18H35N3O19S2/c19-7-11(25)10(24)6(3-34-41(28,29)30)37-16(7)38-14-4(1-22)35-17(8(20)12(14)26)39-15-5(2-23)36-18(9(21)13(15)27)40-42(31,32)33/h4-18,22-27H,1-3,19-21H2,(H,28,29,30)(H,31,32,33)/t4-,5-,6-,7-,8-,9-,10-,11-,12-,13-,14-,15-,16+,17+,18+/m1/s1. The highest BCUT2D eigenvalue weighted by Gasteiger charge is 2.53. The minimum atomic E-state index is -5.08. The van der Waals surface area contributed by atoms with Gasteiger partial charge in [-0.3, -0.25) is 9.11 Å². The van der Waals surface area contributed by atoms with E-state index in [9.17, 15) is 47.5 Å². The summed E-state index contributed by atoms with van der Waals surface area (Å²) in [4.78, 5) is 0. The minimum Gasteiger partial charge on any atom is -0.394 e. The molecule has 3 fully saturated rings. The summed E-state index contributed by atoms with van der Waals surface area (Å²) in [5, 5.41) is 61.5. The van der Waals surface area contributed by atoms with Crippen LogP contribution < -0.4 is 17.2 Å². The van der Waals surface area contributed by atoms with E-state index in [1.54, 1.807) is 0 Å². The van der Waals surface area contributed by atoms with E-state index in [1.807, 2.05) is 0 Å². The van der Waals surface area contributed by atoms with Crippen molar-refractivity contribution in [3.8, 4) is 0 Å². The molecule has 0 unspecified atom stereocenters. The SMILES string of the molecule is N[C@H]1[C@H](O[C@H]2[C@H](O)[C@@H](N)[C@H](O[C@H]3[C@H](O)[C@@H](N)[C@H](OS(=O)(=O)O)O[C@@H]3CO)O[C@@H]2CO)O[C@H](COS(=O)(=O)O)[C@@H](O)[C@@H]1O. The molecule has 3 rings (SSSR count). The maximum atomic E-state index is 11.1. The Hall–Kier alpha value is -0.820. The van der Waals surface area contributed by atoms with Gasteiger partial charge in [-0.05, 0) is 0 Å². The summed E-state index contributed by atoms with van der Waals surface area (Å²) in [7, 11) is -10.0. The summed E-state index contributed by atoms with van der Waals surface area (Å²) in [6.45, 7) is -2.73. The molecular formula is C18H35N3O19S2. The Kier molecular flexibility index (Phi) is 12.0. The first-order valence-electron chi connectivity index (χ1n) is 12.1. The fraction of sp³-hybridized carbons (Fsp3) is 1.00. The van der Waals surface area contributed by atoms with Gasteiger partial charge in [-0.25, -0.2) is 8.37 Å². The number of aliphatic hydroxyl groups excluding tert-OH is 6. The van der Waals surface area contributed by atoms with Crippen LogP contribution >= 0.6 is 0 Å². The van der Waals surface area contributed by atoms with Crippen LogP contribution in [-0.4, -0.2) is 168 Å². The van der Waals surface area contributed by atoms with Crippen molar-refractivity contribution in [2.75, 3.05) is 19.8 Å². The summed E-state index contributed by atoms with van der Waals surface area (Å²) in [5.41, 5.74) is 17.6. The Bertz CT molecular complexity index is 1100. The van der Waals surface area contributed by atoms with Gasteiger partial charge in [0.25, 0.3) is 0 Å². The Balaban J connectivity index is 1.72. The van der Waals surface area contributed by atoms with Crippen LogP contribution in [0.5, 0.6) is 0 Å². The third-order valence-corrected chi connectivity index (χ3v) is 7.60. The molecule has 0 aliphatic carbocycles. The first kappa shape index (κ1) is 35.7. The highest BCUT2D eigenvalue weighted by Crippen LogP contribution is 2.31. The van der Waals surface area contributed by atoms with Crippen LogP contribution in [0.3, 0.4) is 0 Å². The third kappa shape index (κ3) is 8.46. The molecule has 0 aromatic rings. The maximum Gasteiger partial charge on any atom is 0.399 e. The Morgan fingerprint density at radius 3 is 1.43 bits per heavy atom. The molecule has 0 bridgehead atoms. The number of ether oxygens (including phenoxy) is 5. The second-order valence-electron chi connectivity index (χ2n) is 9.63. The van der Waals surface area contributed by atoms with Gasteiger partial charge in [0.2, 0.25) is 0 Å². The van der Waals surface area contributed by atoms with Gasteiger partial charge in [0, 0.05) is 0 Å². The zero-order chi connectivity index (χ0) is 31.7. The lowest BCUT2D eigenvalue weighted by Gasteiger charge is -2.48. The molecule has 3 aliphatic rings. The Morgan fingerprint density at radius 1 is 0.595 bits per heavy atom. The van der Waals surface area contributed by atoms with E-state index in [2.05, 4.69) is 8.37 Å². The van der Waals surface area contributed by atoms with Gasteiger partial charge in [-0.2, -0.15) is 16.8 Å². The fourth-order valence-corrected chi connectivity index (χ4v) is 5.24. The van der Waals surface area contributed by atoms with Crippen LogP contribution in [0.15, 0.2) is 0 Å². The van der Waals surface area contributed by atoms with Crippen LogP contribution in [0.2, 0.25) is 0 Å².